The number of nitrogens with one attached hydrogen (secondary N) is 1. The second-order valence-electron chi connectivity index (χ2n) is 7.87. The Bertz CT molecular complexity index is 918. The Morgan fingerprint density at radius 1 is 1.23 bits per heavy atom. The van der Waals surface area contributed by atoms with Gasteiger partial charge in [-0.3, -0.25) is 4.79 Å². The van der Waals surface area contributed by atoms with Crippen molar-refractivity contribution in [2.75, 3.05) is 56.2 Å². The quantitative estimate of drug-likeness (QED) is 0.745. The molecular weight excluding hydrogens is 423 g/mol. The maximum atomic E-state index is 12.6. The number of carbonyl (C=O) groups is 1. The molecule has 6 nitrogen and oxygen atoms in total. The number of ether oxygens (including phenoxy) is 1. The molecule has 2 aliphatic heterocycles. The van der Waals surface area contributed by atoms with Gasteiger partial charge in [0.2, 0.25) is 0 Å². The molecule has 0 aliphatic carbocycles. The summed E-state index contributed by atoms with van der Waals surface area (Å²) in [6.45, 7) is 7.18. The molecule has 0 bridgehead atoms. The van der Waals surface area contributed by atoms with Gasteiger partial charge in [0.25, 0.3) is 5.91 Å². The average molecular weight is 449 g/mol. The summed E-state index contributed by atoms with van der Waals surface area (Å²) in [5.41, 5.74) is 2.95. The number of halogens is 2. The van der Waals surface area contributed by atoms with Crippen LogP contribution in [-0.2, 0) is 4.74 Å². The molecule has 2 fully saturated rings. The van der Waals surface area contributed by atoms with E-state index < -0.39 is 0 Å². The third-order valence-corrected chi connectivity index (χ3v) is 6.27. The van der Waals surface area contributed by atoms with Gasteiger partial charge in [0.15, 0.2) is 0 Å². The van der Waals surface area contributed by atoms with E-state index in [9.17, 15) is 4.79 Å². The first-order valence-corrected chi connectivity index (χ1v) is 11.0. The van der Waals surface area contributed by atoms with Crippen molar-refractivity contribution in [1.29, 1.82) is 0 Å². The molecule has 0 saturated carbocycles. The van der Waals surface area contributed by atoms with Crippen LogP contribution in [0.1, 0.15) is 22.3 Å². The fraction of sp³-hybridized carbons (Fsp3) is 0.455. The van der Waals surface area contributed by atoms with Crippen LogP contribution in [0.15, 0.2) is 30.5 Å². The molecular formula is C22H26Cl2N4O2. The first-order valence-electron chi connectivity index (χ1n) is 10.3. The van der Waals surface area contributed by atoms with Crippen molar-refractivity contribution in [3.8, 4) is 0 Å². The van der Waals surface area contributed by atoms with Gasteiger partial charge in [0.1, 0.15) is 5.82 Å². The Balaban J connectivity index is 1.34. The summed E-state index contributed by atoms with van der Waals surface area (Å²) >= 11 is 12.6. The average Bonchev–Trinajstić information content (AvgIpc) is 3.23. The minimum absolute atomic E-state index is 0.0532. The van der Waals surface area contributed by atoms with E-state index in [0.717, 1.165) is 31.1 Å². The number of rotatable bonds is 5. The van der Waals surface area contributed by atoms with Crippen molar-refractivity contribution in [1.82, 2.24) is 9.88 Å². The molecule has 0 radical (unpaired) electrons. The van der Waals surface area contributed by atoms with E-state index in [1.165, 1.54) is 11.3 Å². The molecule has 8 heteroatoms. The number of anilines is 2. The van der Waals surface area contributed by atoms with E-state index in [4.69, 9.17) is 27.9 Å². The number of hydrogen-bond acceptors (Lipinski definition) is 5. The fourth-order valence-electron chi connectivity index (χ4n) is 4.02. The zero-order chi connectivity index (χ0) is 21.1. The van der Waals surface area contributed by atoms with E-state index in [2.05, 4.69) is 28.2 Å². The Morgan fingerprint density at radius 2 is 2.03 bits per heavy atom. The largest absolute Gasteiger partial charge is 0.378 e. The highest BCUT2D eigenvalue weighted by Crippen LogP contribution is 2.30. The maximum absolute atomic E-state index is 12.6. The van der Waals surface area contributed by atoms with Crippen LogP contribution in [0.25, 0.3) is 0 Å². The number of benzene rings is 1. The summed E-state index contributed by atoms with van der Waals surface area (Å²) in [7, 11) is 0. The molecule has 1 amide bonds. The number of morpholine rings is 1. The Kier molecular flexibility index (Phi) is 6.66. The van der Waals surface area contributed by atoms with Gasteiger partial charge < -0.3 is 19.9 Å². The van der Waals surface area contributed by atoms with Crippen molar-refractivity contribution >= 4 is 40.6 Å². The zero-order valence-corrected chi connectivity index (χ0v) is 18.5. The SMILES string of the molecule is Cc1ccc(Cl)cc1N1CCC(CNc2ncc(C(=O)N3CCOCC3)cc2Cl)C1. The van der Waals surface area contributed by atoms with Gasteiger partial charge >= 0.3 is 0 Å². The number of nitrogens with zero attached hydrogens (tertiary/aromatic N) is 3. The normalized spacial score (nSPS) is 19.2. The van der Waals surface area contributed by atoms with Crippen LogP contribution < -0.4 is 10.2 Å². The molecule has 3 heterocycles. The summed E-state index contributed by atoms with van der Waals surface area (Å²) in [6, 6.07) is 7.73. The number of aromatic nitrogens is 1. The van der Waals surface area contributed by atoms with Crippen LogP contribution in [0.3, 0.4) is 0 Å². The third kappa shape index (κ3) is 4.82. The van der Waals surface area contributed by atoms with Crippen LogP contribution in [0.4, 0.5) is 11.5 Å². The fourth-order valence-corrected chi connectivity index (χ4v) is 4.42. The van der Waals surface area contributed by atoms with Crippen molar-refractivity contribution in [2.45, 2.75) is 13.3 Å². The first-order chi connectivity index (χ1) is 14.5. The standard InChI is InChI=1S/C22H26Cl2N4O2/c1-15-2-3-18(23)11-20(15)28-5-4-16(14-28)12-25-21-19(24)10-17(13-26-21)22(29)27-6-8-30-9-7-27/h2-3,10-11,13,16H,4-9,12,14H2,1H3,(H,25,26). The zero-order valence-electron chi connectivity index (χ0n) is 17.0. The van der Waals surface area contributed by atoms with Crippen molar-refractivity contribution in [3.63, 3.8) is 0 Å². The first kappa shape index (κ1) is 21.2. The van der Waals surface area contributed by atoms with Gasteiger partial charge in [-0.05, 0) is 43.0 Å². The van der Waals surface area contributed by atoms with Crippen LogP contribution in [0.2, 0.25) is 10.0 Å². The highest BCUT2D eigenvalue weighted by Gasteiger charge is 2.24. The van der Waals surface area contributed by atoms with Crippen LogP contribution >= 0.6 is 23.2 Å². The smallest absolute Gasteiger partial charge is 0.255 e. The lowest BCUT2D eigenvalue weighted by Crippen LogP contribution is -2.40. The number of amides is 1. The molecule has 30 heavy (non-hydrogen) atoms. The van der Waals surface area contributed by atoms with E-state index >= 15 is 0 Å². The summed E-state index contributed by atoms with van der Waals surface area (Å²) < 4.78 is 5.30. The predicted molar refractivity (Wildman–Crippen MR) is 121 cm³/mol. The van der Waals surface area contributed by atoms with Gasteiger partial charge in [-0.15, -0.1) is 0 Å². The molecule has 160 valence electrons. The molecule has 2 aromatic rings. The lowest BCUT2D eigenvalue weighted by atomic mass is 10.1. The van der Waals surface area contributed by atoms with Crippen molar-refractivity contribution in [2.24, 2.45) is 5.92 Å². The second kappa shape index (κ2) is 9.41. The Morgan fingerprint density at radius 3 is 2.80 bits per heavy atom. The lowest BCUT2D eigenvalue weighted by molar-refractivity contribution is 0.0302. The lowest BCUT2D eigenvalue weighted by Gasteiger charge is -2.26. The topological polar surface area (TPSA) is 57.7 Å². The van der Waals surface area contributed by atoms with Crippen LogP contribution in [-0.4, -0.2) is 61.7 Å². The summed E-state index contributed by atoms with van der Waals surface area (Å²) in [5, 5.41) is 4.59. The summed E-state index contributed by atoms with van der Waals surface area (Å²) in [5.74, 6) is 1.05. The maximum Gasteiger partial charge on any atom is 0.255 e. The number of aryl methyl sites for hydroxylation is 1. The molecule has 2 saturated heterocycles. The number of hydrogen-bond donors (Lipinski definition) is 1. The highest BCUT2D eigenvalue weighted by atomic mass is 35.5. The molecule has 1 aromatic carbocycles. The second-order valence-corrected chi connectivity index (χ2v) is 8.72. The molecule has 1 aromatic heterocycles. The highest BCUT2D eigenvalue weighted by molar-refractivity contribution is 6.33. The van der Waals surface area contributed by atoms with Gasteiger partial charge in [-0.2, -0.15) is 0 Å². The molecule has 4 rings (SSSR count). The minimum atomic E-state index is -0.0532. The van der Waals surface area contributed by atoms with Gasteiger partial charge in [0.05, 0.1) is 23.8 Å². The van der Waals surface area contributed by atoms with Gasteiger partial charge in [-0.1, -0.05) is 29.3 Å². The predicted octanol–water partition coefficient (Wildman–Crippen LogP) is 4.11. The van der Waals surface area contributed by atoms with Crippen molar-refractivity contribution < 1.29 is 9.53 Å². The van der Waals surface area contributed by atoms with Gasteiger partial charge in [-0.25, -0.2) is 4.98 Å². The van der Waals surface area contributed by atoms with Gasteiger partial charge in [0, 0.05) is 49.6 Å². The Hall–Kier alpha value is -2.02. The van der Waals surface area contributed by atoms with Crippen LogP contribution in [0, 0.1) is 12.8 Å². The van der Waals surface area contributed by atoms with E-state index in [0.29, 0.717) is 48.6 Å². The minimum Gasteiger partial charge on any atom is -0.378 e. The molecule has 1 N–H and O–H groups in total. The molecule has 1 unspecified atom stereocenters. The summed E-state index contributed by atoms with van der Waals surface area (Å²) in [4.78, 5) is 21.1. The monoisotopic (exact) mass is 448 g/mol. The summed E-state index contributed by atoms with van der Waals surface area (Å²) in [6.07, 6.45) is 2.69. The van der Waals surface area contributed by atoms with Crippen molar-refractivity contribution in [3.05, 3.63) is 51.6 Å². The Labute approximate surface area is 187 Å². The number of pyridine rings is 1. The van der Waals surface area contributed by atoms with E-state index in [1.807, 2.05) is 12.1 Å². The van der Waals surface area contributed by atoms with E-state index in [-0.39, 0.29) is 5.91 Å². The number of carbonyl (C=O) groups excluding carboxylic acids is 1. The van der Waals surface area contributed by atoms with Crippen LogP contribution in [0.5, 0.6) is 0 Å². The molecule has 1 atom stereocenters. The third-order valence-electron chi connectivity index (χ3n) is 5.74. The van der Waals surface area contributed by atoms with E-state index in [1.54, 1.807) is 17.2 Å². The molecule has 2 aliphatic rings. The molecule has 0 spiro atoms.